The Kier molecular flexibility index (Phi) is 3.93. The molecule has 1 atom stereocenters. The number of rotatable bonds is 4. The Labute approximate surface area is 100 Å². The Balaban J connectivity index is 3.20. The maximum atomic E-state index is 11.5. The summed E-state index contributed by atoms with van der Waals surface area (Å²) in [6, 6.07) is 1.63. The fraction of sp³-hybridized carbons (Fsp3) is 0.500. The van der Waals surface area contributed by atoms with E-state index in [1.54, 1.807) is 13.0 Å². The van der Waals surface area contributed by atoms with E-state index in [9.17, 15) is 14.9 Å². The van der Waals surface area contributed by atoms with Gasteiger partial charge in [-0.25, -0.2) is 0 Å². The Bertz CT molecular complexity index is 455. The molecule has 1 rings (SSSR count). The van der Waals surface area contributed by atoms with Crippen molar-refractivity contribution in [2.24, 2.45) is 5.92 Å². The predicted octanol–water partition coefficient (Wildman–Crippen LogP) is 2.63. The summed E-state index contributed by atoms with van der Waals surface area (Å²) < 4.78 is 0. The van der Waals surface area contributed by atoms with Crippen LogP contribution >= 0.6 is 0 Å². The molecule has 0 radical (unpaired) electrons. The standard InChI is InChI=1S/C12H16N2O3/c1-7(2)12(9(4)15)10-5-8(3)11(6-13-10)14(16)17/h5-7,12H,1-4H3. The molecule has 0 saturated carbocycles. The number of carbonyl (C=O) groups excluding carboxylic acids is 1. The van der Waals surface area contributed by atoms with Gasteiger partial charge in [0.1, 0.15) is 12.0 Å². The highest BCUT2D eigenvalue weighted by atomic mass is 16.6. The minimum Gasteiger partial charge on any atom is -0.299 e. The van der Waals surface area contributed by atoms with Crippen LogP contribution < -0.4 is 0 Å². The summed E-state index contributed by atoms with van der Waals surface area (Å²) in [6.07, 6.45) is 1.23. The zero-order valence-electron chi connectivity index (χ0n) is 10.4. The summed E-state index contributed by atoms with van der Waals surface area (Å²) in [6.45, 7) is 7.04. The van der Waals surface area contributed by atoms with Crippen molar-refractivity contribution in [1.82, 2.24) is 4.98 Å². The second-order valence-electron chi connectivity index (χ2n) is 4.49. The lowest BCUT2D eigenvalue weighted by Gasteiger charge is -2.17. The van der Waals surface area contributed by atoms with E-state index < -0.39 is 4.92 Å². The number of nitrogens with zero attached hydrogens (tertiary/aromatic N) is 2. The second kappa shape index (κ2) is 5.03. The van der Waals surface area contributed by atoms with Crippen molar-refractivity contribution in [1.29, 1.82) is 0 Å². The number of aryl methyl sites for hydroxylation is 1. The third-order valence-corrected chi connectivity index (χ3v) is 2.72. The van der Waals surface area contributed by atoms with Crippen molar-refractivity contribution < 1.29 is 9.72 Å². The van der Waals surface area contributed by atoms with Crippen LogP contribution in [0.2, 0.25) is 0 Å². The molecule has 0 spiro atoms. The number of nitro groups is 1. The molecule has 0 fully saturated rings. The summed E-state index contributed by atoms with van der Waals surface area (Å²) in [7, 11) is 0. The molecule has 0 saturated heterocycles. The number of aromatic nitrogens is 1. The lowest BCUT2D eigenvalue weighted by Crippen LogP contribution is -2.17. The van der Waals surface area contributed by atoms with Crippen molar-refractivity contribution in [3.8, 4) is 0 Å². The van der Waals surface area contributed by atoms with Gasteiger partial charge in [-0.05, 0) is 25.8 Å². The average Bonchev–Trinajstić information content (AvgIpc) is 2.15. The first-order valence-corrected chi connectivity index (χ1v) is 5.46. The van der Waals surface area contributed by atoms with Gasteiger partial charge in [-0.1, -0.05) is 13.8 Å². The number of Topliss-reactive ketones (excluding diaryl/α,β-unsaturated/α-hetero) is 1. The minimum atomic E-state index is -0.468. The van der Waals surface area contributed by atoms with Crippen LogP contribution in [0, 0.1) is 23.0 Å². The lowest BCUT2D eigenvalue weighted by atomic mass is 9.88. The van der Waals surface area contributed by atoms with Gasteiger partial charge in [0.05, 0.1) is 16.5 Å². The molecule has 1 aromatic heterocycles. The second-order valence-corrected chi connectivity index (χ2v) is 4.49. The quantitative estimate of drug-likeness (QED) is 0.595. The third-order valence-electron chi connectivity index (χ3n) is 2.72. The first kappa shape index (κ1) is 13.3. The molecule has 0 aliphatic rings. The van der Waals surface area contributed by atoms with Gasteiger partial charge in [0.25, 0.3) is 5.69 Å². The van der Waals surface area contributed by atoms with Crippen LogP contribution in [-0.4, -0.2) is 15.7 Å². The highest BCUT2D eigenvalue weighted by Gasteiger charge is 2.23. The van der Waals surface area contributed by atoms with E-state index in [-0.39, 0.29) is 23.3 Å². The minimum absolute atomic E-state index is 0.0141. The lowest BCUT2D eigenvalue weighted by molar-refractivity contribution is -0.385. The molecule has 5 heteroatoms. The first-order valence-electron chi connectivity index (χ1n) is 5.46. The zero-order chi connectivity index (χ0) is 13.2. The van der Waals surface area contributed by atoms with Gasteiger partial charge in [0.15, 0.2) is 0 Å². The van der Waals surface area contributed by atoms with E-state index in [2.05, 4.69) is 4.98 Å². The molecule has 1 aromatic rings. The van der Waals surface area contributed by atoms with Crippen LogP contribution in [0.25, 0.3) is 0 Å². The van der Waals surface area contributed by atoms with Gasteiger partial charge in [-0.3, -0.25) is 19.9 Å². The van der Waals surface area contributed by atoms with Gasteiger partial charge < -0.3 is 0 Å². The number of hydrogen-bond donors (Lipinski definition) is 0. The van der Waals surface area contributed by atoms with Crippen molar-refractivity contribution in [3.63, 3.8) is 0 Å². The summed E-state index contributed by atoms with van der Waals surface area (Å²) in [5.74, 6) is -0.142. The van der Waals surface area contributed by atoms with Gasteiger partial charge in [-0.15, -0.1) is 0 Å². The monoisotopic (exact) mass is 236 g/mol. The Morgan fingerprint density at radius 1 is 1.47 bits per heavy atom. The molecule has 1 unspecified atom stereocenters. The molecule has 0 aromatic carbocycles. The fourth-order valence-corrected chi connectivity index (χ4v) is 1.95. The van der Waals surface area contributed by atoms with Crippen LogP contribution in [0.1, 0.15) is 37.9 Å². The van der Waals surface area contributed by atoms with Crippen LogP contribution in [0.4, 0.5) is 5.69 Å². The molecular formula is C12H16N2O3. The maximum Gasteiger partial charge on any atom is 0.290 e. The van der Waals surface area contributed by atoms with Gasteiger partial charge in [0.2, 0.25) is 0 Å². The topological polar surface area (TPSA) is 73.1 Å². The SMILES string of the molecule is CC(=O)C(c1cc(C)c([N+](=O)[O-])cn1)C(C)C. The molecule has 0 aliphatic heterocycles. The smallest absolute Gasteiger partial charge is 0.290 e. The van der Waals surface area contributed by atoms with Crippen molar-refractivity contribution >= 4 is 11.5 Å². The molecule has 0 amide bonds. The van der Waals surface area contributed by atoms with E-state index in [1.165, 1.54) is 13.1 Å². The summed E-state index contributed by atoms with van der Waals surface area (Å²) in [5.41, 5.74) is 1.13. The van der Waals surface area contributed by atoms with E-state index in [0.29, 0.717) is 11.3 Å². The highest BCUT2D eigenvalue weighted by Crippen LogP contribution is 2.27. The van der Waals surface area contributed by atoms with Crippen molar-refractivity contribution in [2.45, 2.75) is 33.6 Å². The molecule has 1 heterocycles. The van der Waals surface area contributed by atoms with E-state index in [0.717, 1.165) is 0 Å². The molecule has 0 bridgehead atoms. The average molecular weight is 236 g/mol. The largest absolute Gasteiger partial charge is 0.299 e. The van der Waals surface area contributed by atoms with Crippen molar-refractivity contribution in [2.75, 3.05) is 0 Å². The van der Waals surface area contributed by atoms with Gasteiger partial charge in [0, 0.05) is 5.56 Å². The molecule has 92 valence electrons. The normalized spacial score (nSPS) is 12.5. The zero-order valence-corrected chi connectivity index (χ0v) is 10.4. The Hall–Kier alpha value is -1.78. The molecular weight excluding hydrogens is 220 g/mol. The molecule has 17 heavy (non-hydrogen) atoms. The number of carbonyl (C=O) groups is 1. The molecule has 5 nitrogen and oxygen atoms in total. The van der Waals surface area contributed by atoms with Crippen LogP contribution in [0.5, 0.6) is 0 Å². The van der Waals surface area contributed by atoms with E-state index in [4.69, 9.17) is 0 Å². The van der Waals surface area contributed by atoms with Crippen LogP contribution in [0.15, 0.2) is 12.3 Å². The Morgan fingerprint density at radius 2 is 2.06 bits per heavy atom. The summed E-state index contributed by atoms with van der Waals surface area (Å²) in [4.78, 5) is 25.8. The van der Waals surface area contributed by atoms with E-state index in [1.807, 2.05) is 13.8 Å². The van der Waals surface area contributed by atoms with Crippen LogP contribution in [0.3, 0.4) is 0 Å². The number of hydrogen-bond acceptors (Lipinski definition) is 4. The van der Waals surface area contributed by atoms with E-state index >= 15 is 0 Å². The number of ketones is 1. The maximum absolute atomic E-state index is 11.5. The molecule has 0 aliphatic carbocycles. The third kappa shape index (κ3) is 2.87. The van der Waals surface area contributed by atoms with Crippen LogP contribution in [-0.2, 0) is 4.79 Å². The van der Waals surface area contributed by atoms with Gasteiger partial charge >= 0.3 is 0 Å². The highest BCUT2D eigenvalue weighted by molar-refractivity contribution is 5.83. The first-order chi connectivity index (χ1) is 7.84. The summed E-state index contributed by atoms with van der Waals surface area (Å²) >= 11 is 0. The number of pyridine rings is 1. The van der Waals surface area contributed by atoms with Crippen molar-refractivity contribution in [3.05, 3.63) is 33.6 Å². The Morgan fingerprint density at radius 3 is 2.41 bits per heavy atom. The fourth-order valence-electron chi connectivity index (χ4n) is 1.95. The molecule has 0 N–H and O–H groups in total. The summed E-state index contributed by atoms with van der Waals surface area (Å²) in [5, 5.41) is 10.7. The van der Waals surface area contributed by atoms with Gasteiger partial charge in [-0.2, -0.15) is 0 Å². The predicted molar refractivity (Wildman–Crippen MR) is 63.9 cm³/mol.